The van der Waals surface area contributed by atoms with Crippen LogP contribution < -0.4 is 14.5 Å². The van der Waals surface area contributed by atoms with Crippen molar-refractivity contribution in [3.8, 4) is 5.88 Å². The number of halogens is 1. The number of methoxy groups -OCH3 is 1. The molecule has 0 N–H and O–H groups in total. The van der Waals surface area contributed by atoms with E-state index < -0.39 is 0 Å². The number of nitrogens with zero attached hydrogens (tertiary/aromatic N) is 6. The molecule has 1 aliphatic heterocycles. The highest BCUT2D eigenvalue weighted by molar-refractivity contribution is 6.30. The molecule has 0 unspecified atom stereocenters. The summed E-state index contributed by atoms with van der Waals surface area (Å²) in [7, 11) is 1.62. The molecule has 0 bridgehead atoms. The van der Waals surface area contributed by atoms with Crippen molar-refractivity contribution in [1.82, 2.24) is 19.9 Å². The van der Waals surface area contributed by atoms with Crippen LogP contribution >= 0.6 is 11.6 Å². The highest BCUT2D eigenvalue weighted by atomic mass is 35.5. The number of ether oxygens (including phenoxy) is 1. The summed E-state index contributed by atoms with van der Waals surface area (Å²) in [4.78, 5) is 21.6. The molecule has 25 heavy (non-hydrogen) atoms. The normalized spacial score (nSPS) is 14.8. The van der Waals surface area contributed by atoms with E-state index in [4.69, 9.17) is 16.3 Å². The van der Waals surface area contributed by atoms with Crippen LogP contribution in [-0.2, 0) is 0 Å². The molecule has 0 spiro atoms. The lowest BCUT2D eigenvalue weighted by atomic mass is 10.2. The van der Waals surface area contributed by atoms with Crippen molar-refractivity contribution < 1.29 is 4.74 Å². The third-order valence-electron chi connectivity index (χ3n) is 4.31. The number of benzene rings is 1. The van der Waals surface area contributed by atoms with Crippen molar-refractivity contribution in [3.63, 3.8) is 0 Å². The number of rotatable bonds is 3. The maximum atomic E-state index is 5.85. The van der Waals surface area contributed by atoms with E-state index in [2.05, 4.69) is 41.9 Å². The summed E-state index contributed by atoms with van der Waals surface area (Å²) < 4.78 is 5.35. The van der Waals surface area contributed by atoms with Crippen LogP contribution in [0.2, 0.25) is 5.02 Å². The Bertz CT molecular complexity index is 880. The fraction of sp³-hybridized carbons (Fsp3) is 0.294. The van der Waals surface area contributed by atoms with Gasteiger partial charge in [-0.25, -0.2) is 19.9 Å². The third-order valence-corrected chi connectivity index (χ3v) is 4.51. The van der Waals surface area contributed by atoms with E-state index in [0.29, 0.717) is 10.9 Å². The number of anilines is 2. The average Bonchev–Trinajstić information content (AvgIpc) is 2.68. The number of fused-ring (bicyclic) bond motifs is 1. The highest BCUT2D eigenvalue weighted by Crippen LogP contribution is 2.27. The molecule has 128 valence electrons. The van der Waals surface area contributed by atoms with Crippen LogP contribution in [0, 0.1) is 0 Å². The maximum absolute atomic E-state index is 5.85. The van der Waals surface area contributed by atoms with Gasteiger partial charge in [0, 0.05) is 31.9 Å². The Hall–Kier alpha value is -2.67. The first-order valence-corrected chi connectivity index (χ1v) is 8.38. The lowest BCUT2D eigenvalue weighted by Crippen LogP contribution is -2.47. The molecule has 2 aromatic heterocycles. The van der Waals surface area contributed by atoms with Gasteiger partial charge in [0.05, 0.1) is 35.4 Å². The van der Waals surface area contributed by atoms with Crippen molar-refractivity contribution in [3.05, 3.63) is 41.9 Å². The second kappa shape index (κ2) is 6.68. The Balaban J connectivity index is 1.52. The zero-order chi connectivity index (χ0) is 17.2. The molecule has 0 atom stereocenters. The van der Waals surface area contributed by atoms with E-state index in [1.54, 1.807) is 19.5 Å². The maximum Gasteiger partial charge on any atom is 0.225 e. The Kier molecular flexibility index (Phi) is 4.23. The fourth-order valence-electron chi connectivity index (χ4n) is 3.01. The molecule has 1 aromatic carbocycles. The Morgan fingerprint density at radius 2 is 1.68 bits per heavy atom. The van der Waals surface area contributed by atoms with Crippen LogP contribution in [0.15, 0.2) is 36.9 Å². The van der Waals surface area contributed by atoms with Gasteiger partial charge in [0.1, 0.15) is 6.33 Å². The van der Waals surface area contributed by atoms with Crippen LogP contribution in [0.4, 0.5) is 11.6 Å². The van der Waals surface area contributed by atoms with Crippen LogP contribution in [-0.4, -0.2) is 53.2 Å². The van der Waals surface area contributed by atoms with Gasteiger partial charge in [-0.15, -0.1) is 0 Å². The summed E-state index contributed by atoms with van der Waals surface area (Å²) in [6, 6.07) is 6.18. The minimum Gasteiger partial charge on any atom is -0.480 e. The summed E-state index contributed by atoms with van der Waals surface area (Å²) >= 11 is 5.85. The third kappa shape index (κ3) is 3.15. The summed E-state index contributed by atoms with van der Waals surface area (Å²) in [5.74, 6) is 1.32. The lowest BCUT2D eigenvalue weighted by molar-refractivity contribution is 0.402. The minimum absolute atomic E-state index is 0.551. The Labute approximate surface area is 150 Å². The number of aromatic nitrogens is 4. The number of hydrogen-bond donors (Lipinski definition) is 0. The van der Waals surface area contributed by atoms with Crippen LogP contribution in [0.25, 0.3) is 10.9 Å². The molecule has 4 rings (SSSR count). The SMILES string of the molecule is COc1ncnc2ccc(N3CCN(c4ncc(Cl)cn4)CC3)cc12. The fourth-order valence-corrected chi connectivity index (χ4v) is 3.11. The molecular formula is C17H17ClN6O. The first-order valence-electron chi connectivity index (χ1n) is 8.01. The van der Waals surface area contributed by atoms with Gasteiger partial charge < -0.3 is 14.5 Å². The number of hydrogen-bond acceptors (Lipinski definition) is 7. The second-order valence-corrected chi connectivity index (χ2v) is 6.20. The van der Waals surface area contributed by atoms with E-state index in [1.165, 1.54) is 6.33 Å². The molecule has 0 aliphatic carbocycles. The summed E-state index contributed by atoms with van der Waals surface area (Å²) in [5.41, 5.74) is 2.01. The zero-order valence-electron chi connectivity index (χ0n) is 13.8. The largest absolute Gasteiger partial charge is 0.480 e. The number of piperazine rings is 1. The standard InChI is InChI=1S/C17H17ClN6O/c1-25-16-14-8-13(2-3-15(14)21-11-22-16)23-4-6-24(7-5-23)17-19-9-12(18)10-20-17/h2-3,8-11H,4-7H2,1H3. The molecule has 7 nitrogen and oxygen atoms in total. The van der Waals surface area contributed by atoms with Crippen molar-refractivity contribution in [2.45, 2.75) is 0 Å². The molecule has 0 saturated carbocycles. The smallest absolute Gasteiger partial charge is 0.225 e. The topological polar surface area (TPSA) is 67.3 Å². The molecule has 1 fully saturated rings. The Morgan fingerprint density at radius 3 is 2.40 bits per heavy atom. The van der Waals surface area contributed by atoms with Crippen molar-refractivity contribution in [2.24, 2.45) is 0 Å². The van der Waals surface area contributed by atoms with Gasteiger partial charge in [0.25, 0.3) is 0 Å². The van der Waals surface area contributed by atoms with E-state index in [0.717, 1.165) is 48.7 Å². The van der Waals surface area contributed by atoms with Gasteiger partial charge in [-0.3, -0.25) is 0 Å². The zero-order valence-corrected chi connectivity index (χ0v) is 14.5. The van der Waals surface area contributed by atoms with E-state index in [9.17, 15) is 0 Å². The van der Waals surface area contributed by atoms with Crippen molar-refractivity contribution in [2.75, 3.05) is 43.1 Å². The van der Waals surface area contributed by atoms with Gasteiger partial charge in [-0.1, -0.05) is 11.6 Å². The molecule has 3 heterocycles. The first-order chi connectivity index (χ1) is 12.2. The van der Waals surface area contributed by atoms with Gasteiger partial charge in [-0.2, -0.15) is 0 Å². The summed E-state index contributed by atoms with van der Waals surface area (Å²) in [6.07, 6.45) is 4.78. The predicted molar refractivity (Wildman–Crippen MR) is 97.6 cm³/mol. The van der Waals surface area contributed by atoms with Crippen LogP contribution in [0.5, 0.6) is 5.88 Å². The second-order valence-electron chi connectivity index (χ2n) is 5.76. The van der Waals surface area contributed by atoms with Gasteiger partial charge in [0.2, 0.25) is 11.8 Å². The van der Waals surface area contributed by atoms with Crippen LogP contribution in [0.1, 0.15) is 0 Å². The van der Waals surface area contributed by atoms with E-state index in [-0.39, 0.29) is 0 Å². The van der Waals surface area contributed by atoms with Crippen LogP contribution in [0.3, 0.4) is 0 Å². The molecule has 3 aromatic rings. The molecule has 1 aliphatic rings. The molecule has 0 amide bonds. The molecule has 8 heteroatoms. The highest BCUT2D eigenvalue weighted by Gasteiger charge is 2.20. The molecular weight excluding hydrogens is 340 g/mol. The van der Waals surface area contributed by atoms with E-state index in [1.807, 2.05) is 6.07 Å². The minimum atomic E-state index is 0.551. The molecule has 0 radical (unpaired) electrons. The predicted octanol–water partition coefficient (Wildman–Crippen LogP) is 2.41. The average molecular weight is 357 g/mol. The quantitative estimate of drug-likeness (QED) is 0.713. The van der Waals surface area contributed by atoms with Gasteiger partial charge in [-0.05, 0) is 18.2 Å². The van der Waals surface area contributed by atoms with Gasteiger partial charge in [0.15, 0.2) is 0 Å². The Morgan fingerprint density at radius 1 is 0.960 bits per heavy atom. The summed E-state index contributed by atoms with van der Waals surface area (Å²) in [5, 5.41) is 1.47. The lowest BCUT2D eigenvalue weighted by Gasteiger charge is -2.36. The van der Waals surface area contributed by atoms with Crippen molar-refractivity contribution >= 4 is 34.1 Å². The monoisotopic (exact) mass is 356 g/mol. The van der Waals surface area contributed by atoms with E-state index >= 15 is 0 Å². The molecule has 1 saturated heterocycles. The van der Waals surface area contributed by atoms with Gasteiger partial charge >= 0.3 is 0 Å². The first kappa shape index (κ1) is 15.8. The summed E-state index contributed by atoms with van der Waals surface area (Å²) in [6.45, 7) is 3.46. The van der Waals surface area contributed by atoms with Crippen molar-refractivity contribution in [1.29, 1.82) is 0 Å².